The summed E-state index contributed by atoms with van der Waals surface area (Å²) in [5, 5.41) is 0. The van der Waals surface area contributed by atoms with Crippen LogP contribution in [0.1, 0.15) is 5.56 Å². The predicted octanol–water partition coefficient (Wildman–Crippen LogP) is 8.66. The molecule has 0 aliphatic heterocycles. The molecular formula is C31H27N2+. The minimum Gasteiger partial charge on any atom is -0.221 e. The van der Waals surface area contributed by atoms with Crippen LogP contribution in [0, 0.1) is 6.92 Å². The van der Waals surface area contributed by atoms with E-state index in [2.05, 4.69) is 152 Å². The second-order valence-corrected chi connectivity index (χ2v) is 8.20. The van der Waals surface area contributed by atoms with Crippen molar-refractivity contribution in [2.75, 3.05) is 5.43 Å². The Kier molecular flexibility index (Phi) is 5.75. The molecule has 2 heteroatoms. The summed E-state index contributed by atoms with van der Waals surface area (Å²) < 4.78 is 0.366. The number of hydrogen-bond acceptors (Lipinski definition) is 1. The summed E-state index contributed by atoms with van der Waals surface area (Å²) in [6, 6.07) is 49.1. The average Bonchev–Trinajstić information content (AvgIpc) is 2.89. The monoisotopic (exact) mass is 427 g/mol. The van der Waals surface area contributed by atoms with Crippen LogP contribution in [0.15, 0.2) is 140 Å². The Bertz CT molecular complexity index is 1230. The van der Waals surface area contributed by atoms with Gasteiger partial charge < -0.3 is 0 Å². The minimum absolute atomic E-state index is 0.366. The van der Waals surface area contributed by atoms with Crippen LogP contribution in [0.5, 0.6) is 0 Å². The van der Waals surface area contributed by atoms with Crippen molar-refractivity contribution in [2.24, 2.45) is 0 Å². The molecule has 2 nitrogen and oxygen atoms in total. The molecule has 0 atom stereocenters. The van der Waals surface area contributed by atoms with Crippen molar-refractivity contribution in [1.82, 2.24) is 4.59 Å². The quantitative estimate of drug-likeness (QED) is 0.211. The fourth-order valence-electron chi connectivity index (χ4n) is 4.42. The number of nitrogens with one attached hydrogen (secondary N) is 1. The number of rotatable bonds is 6. The average molecular weight is 428 g/mol. The standard InChI is InChI=1S/C31H27N2/c1-25-14-13-15-26(24-25)30-22-11-12-23-31(30)32-33(27-16-5-2-6-17-27,28-18-7-3-8-19-28)29-20-9-4-10-21-29/h2-24,32H,1H3/q+1. The Labute approximate surface area is 196 Å². The summed E-state index contributed by atoms with van der Waals surface area (Å²) in [7, 11) is 0. The Morgan fingerprint density at radius 2 is 0.970 bits per heavy atom. The number of quaternary nitrogens is 1. The zero-order chi connectivity index (χ0) is 22.5. The highest BCUT2D eigenvalue weighted by atomic mass is 15.7. The molecule has 0 radical (unpaired) electrons. The number of aryl methyl sites for hydroxylation is 1. The van der Waals surface area contributed by atoms with Crippen molar-refractivity contribution in [1.29, 1.82) is 0 Å². The van der Waals surface area contributed by atoms with Crippen LogP contribution in [-0.2, 0) is 0 Å². The van der Waals surface area contributed by atoms with Gasteiger partial charge in [0.15, 0.2) is 17.1 Å². The first-order chi connectivity index (χ1) is 16.3. The summed E-state index contributed by atoms with van der Waals surface area (Å²) in [4.78, 5) is 0. The van der Waals surface area contributed by atoms with E-state index in [4.69, 9.17) is 0 Å². The third-order valence-electron chi connectivity index (χ3n) is 5.97. The van der Waals surface area contributed by atoms with Gasteiger partial charge in [-0.05, 0) is 18.6 Å². The molecule has 0 aliphatic carbocycles. The van der Waals surface area contributed by atoms with Crippen LogP contribution in [-0.4, -0.2) is 0 Å². The molecule has 0 amide bonds. The second kappa shape index (κ2) is 9.15. The lowest BCUT2D eigenvalue weighted by atomic mass is 10.0. The number of nitrogens with zero attached hydrogens (tertiary/aromatic N) is 1. The van der Waals surface area contributed by atoms with Gasteiger partial charge in [0, 0.05) is 42.0 Å². The zero-order valence-electron chi connectivity index (χ0n) is 18.7. The molecule has 5 aromatic rings. The number of benzene rings is 5. The van der Waals surface area contributed by atoms with Gasteiger partial charge in [0.1, 0.15) is 0 Å². The van der Waals surface area contributed by atoms with Crippen molar-refractivity contribution in [3.63, 3.8) is 0 Å². The van der Waals surface area contributed by atoms with Gasteiger partial charge >= 0.3 is 0 Å². The Morgan fingerprint density at radius 3 is 1.48 bits per heavy atom. The number of para-hydroxylation sites is 4. The first-order valence-corrected chi connectivity index (χ1v) is 11.3. The summed E-state index contributed by atoms with van der Waals surface area (Å²) in [5.41, 5.74) is 12.1. The van der Waals surface area contributed by atoms with E-state index in [1.807, 2.05) is 0 Å². The van der Waals surface area contributed by atoms with E-state index in [-0.39, 0.29) is 0 Å². The van der Waals surface area contributed by atoms with Crippen LogP contribution < -0.4 is 10.0 Å². The van der Waals surface area contributed by atoms with Gasteiger partial charge in [-0.2, -0.15) is 0 Å². The predicted molar refractivity (Wildman–Crippen MR) is 141 cm³/mol. The Hall–Kier alpha value is -4.14. The molecule has 0 fully saturated rings. The van der Waals surface area contributed by atoms with Gasteiger partial charge in [-0.25, -0.2) is 5.43 Å². The lowest BCUT2D eigenvalue weighted by Crippen LogP contribution is -2.44. The van der Waals surface area contributed by atoms with Gasteiger partial charge in [0.25, 0.3) is 0 Å². The molecule has 1 N–H and O–H groups in total. The van der Waals surface area contributed by atoms with Crippen molar-refractivity contribution in [3.8, 4) is 11.1 Å². The lowest BCUT2D eigenvalue weighted by molar-refractivity contribution is 0.614. The third-order valence-corrected chi connectivity index (χ3v) is 5.97. The van der Waals surface area contributed by atoms with Crippen LogP contribution in [0.2, 0.25) is 0 Å². The normalized spacial score (nSPS) is 11.2. The highest BCUT2D eigenvalue weighted by Crippen LogP contribution is 2.44. The van der Waals surface area contributed by atoms with Crippen molar-refractivity contribution < 1.29 is 0 Å². The van der Waals surface area contributed by atoms with E-state index < -0.39 is 0 Å². The van der Waals surface area contributed by atoms with Crippen molar-refractivity contribution in [3.05, 3.63) is 145 Å². The molecule has 0 unspecified atom stereocenters. The molecule has 0 heterocycles. The molecule has 0 saturated heterocycles. The summed E-state index contributed by atoms with van der Waals surface area (Å²) >= 11 is 0. The molecule has 5 rings (SSSR count). The Morgan fingerprint density at radius 1 is 0.485 bits per heavy atom. The minimum atomic E-state index is 0.366. The van der Waals surface area contributed by atoms with E-state index in [1.165, 1.54) is 16.7 Å². The van der Waals surface area contributed by atoms with E-state index >= 15 is 0 Å². The molecule has 33 heavy (non-hydrogen) atoms. The topological polar surface area (TPSA) is 12.0 Å². The summed E-state index contributed by atoms with van der Waals surface area (Å²) in [6.45, 7) is 2.14. The molecule has 0 spiro atoms. The molecule has 0 aromatic heterocycles. The van der Waals surface area contributed by atoms with Crippen LogP contribution in [0.4, 0.5) is 22.7 Å². The smallest absolute Gasteiger partial charge is 0.167 e. The van der Waals surface area contributed by atoms with Gasteiger partial charge in [0.2, 0.25) is 0 Å². The highest BCUT2D eigenvalue weighted by molar-refractivity contribution is 5.82. The van der Waals surface area contributed by atoms with E-state index in [1.54, 1.807) is 0 Å². The lowest BCUT2D eigenvalue weighted by Gasteiger charge is -2.37. The molecule has 0 aliphatic rings. The first-order valence-electron chi connectivity index (χ1n) is 11.3. The van der Waals surface area contributed by atoms with E-state index in [0.717, 1.165) is 22.7 Å². The summed E-state index contributed by atoms with van der Waals surface area (Å²) in [5.74, 6) is 0. The van der Waals surface area contributed by atoms with E-state index in [0.29, 0.717) is 4.59 Å². The molecule has 0 bridgehead atoms. The molecule has 5 aromatic carbocycles. The van der Waals surface area contributed by atoms with Crippen molar-refractivity contribution >= 4 is 22.7 Å². The van der Waals surface area contributed by atoms with Crippen LogP contribution >= 0.6 is 0 Å². The largest absolute Gasteiger partial charge is 0.221 e. The van der Waals surface area contributed by atoms with E-state index in [9.17, 15) is 0 Å². The fraction of sp³-hybridized carbons (Fsp3) is 0.0323. The molecule has 160 valence electrons. The van der Waals surface area contributed by atoms with Crippen LogP contribution in [0.3, 0.4) is 0 Å². The van der Waals surface area contributed by atoms with Crippen molar-refractivity contribution in [2.45, 2.75) is 6.92 Å². The third kappa shape index (κ3) is 4.05. The first kappa shape index (κ1) is 20.7. The molecule has 0 saturated carbocycles. The molecular weight excluding hydrogens is 400 g/mol. The highest BCUT2D eigenvalue weighted by Gasteiger charge is 2.37. The van der Waals surface area contributed by atoms with Gasteiger partial charge in [-0.15, -0.1) is 4.59 Å². The van der Waals surface area contributed by atoms with Gasteiger partial charge in [0.05, 0.1) is 5.69 Å². The van der Waals surface area contributed by atoms with Gasteiger partial charge in [-0.1, -0.05) is 103 Å². The fourth-order valence-corrected chi connectivity index (χ4v) is 4.42. The SMILES string of the molecule is Cc1cccc(-c2ccccc2N[N+](c2ccccc2)(c2ccccc2)c2ccccc2)c1. The Balaban J connectivity index is 1.77. The maximum atomic E-state index is 3.97. The number of anilines is 1. The van der Waals surface area contributed by atoms with Crippen LogP contribution in [0.25, 0.3) is 11.1 Å². The maximum absolute atomic E-state index is 3.97. The zero-order valence-corrected chi connectivity index (χ0v) is 18.7. The summed E-state index contributed by atoms with van der Waals surface area (Å²) in [6.07, 6.45) is 0. The van der Waals surface area contributed by atoms with Gasteiger partial charge in [-0.3, -0.25) is 0 Å². The maximum Gasteiger partial charge on any atom is 0.167 e. The number of hydrogen-bond donors (Lipinski definition) is 1. The second-order valence-electron chi connectivity index (χ2n) is 8.20.